The van der Waals surface area contributed by atoms with Gasteiger partial charge in [-0.3, -0.25) is 0 Å². The zero-order chi connectivity index (χ0) is 18.9. The van der Waals surface area contributed by atoms with Crippen molar-refractivity contribution in [2.24, 2.45) is 5.92 Å². The molecule has 140 valence electrons. The molecule has 3 aromatic rings. The molecule has 0 aromatic heterocycles. The molecule has 5 rings (SSSR count). The summed E-state index contributed by atoms with van der Waals surface area (Å²) in [5, 5.41) is 3.85. The van der Waals surface area contributed by atoms with Crippen LogP contribution in [-0.2, 0) is 5.75 Å². The maximum Gasteiger partial charge on any atom is 0.0554 e. The first kappa shape index (κ1) is 18.1. The third kappa shape index (κ3) is 3.54. The van der Waals surface area contributed by atoms with E-state index >= 15 is 0 Å². The van der Waals surface area contributed by atoms with Crippen LogP contribution in [0.5, 0.6) is 0 Å². The van der Waals surface area contributed by atoms with Crippen LogP contribution in [0.4, 0.5) is 5.69 Å². The van der Waals surface area contributed by atoms with Gasteiger partial charge in [0.05, 0.1) is 6.04 Å². The average Bonchev–Trinajstić information content (AvgIpc) is 3.23. The fraction of sp³-hybridized carbons (Fsp3) is 0.200. The van der Waals surface area contributed by atoms with E-state index in [0.29, 0.717) is 17.9 Å². The molecule has 0 saturated carbocycles. The lowest BCUT2D eigenvalue weighted by atomic mass is 9.77. The molecule has 28 heavy (non-hydrogen) atoms. The van der Waals surface area contributed by atoms with E-state index in [1.165, 1.54) is 27.3 Å². The Morgan fingerprint density at radius 2 is 1.86 bits per heavy atom. The molecule has 1 aliphatic carbocycles. The maximum atomic E-state index is 3.85. The standard InChI is InChI=1S/C25H22BrNS/c26-19-7-4-6-18(15-19)25-22-11-5-10-21(22)23-14-17(12-13-24(23)27-25)16-28-20-8-2-1-3-9-20/h1-10,12-15,21-22,25,27H,11,16H2/t21-,22-,25+/m1/s1. The fourth-order valence-electron chi connectivity index (χ4n) is 4.45. The highest BCUT2D eigenvalue weighted by atomic mass is 79.9. The second-order valence-corrected chi connectivity index (χ2v) is 9.52. The summed E-state index contributed by atoms with van der Waals surface area (Å²) in [7, 11) is 0. The molecule has 0 saturated heterocycles. The van der Waals surface area contributed by atoms with Crippen LogP contribution in [0.25, 0.3) is 0 Å². The van der Waals surface area contributed by atoms with Crippen molar-refractivity contribution in [2.45, 2.75) is 29.0 Å². The van der Waals surface area contributed by atoms with Gasteiger partial charge in [0.2, 0.25) is 0 Å². The minimum absolute atomic E-state index is 0.356. The normalized spacial score (nSPS) is 22.4. The van der Waals surface area contributed by atoms with Gasteiger partial charge in [0, 0.05) is 26.7 Å². The van der Waals surface area contributed by atoms with Gasteiger partial charge in [-0.2, -0.15) is 0 Å². The van der Waals surface area contributed by atoms with E-state index in [0.717, 1.165) is 16.6 Å². The minimum atomic E-state index is 0.356. The number of thioether (sulfide) groups is 1. The van der Waals surface area contributed by atoms with E-state index in [-0.39, 0.29) is 0 Å². The molecule has 3 atom stereocenters. The summed E-state index contributed by atoms with van der Waals surface area (Å²) in [6, 6.07) is 26.7. The molecule has 0 amide bonds. The van der Waals surface area contributed by atoms with Crippen LogP contribution < -0.4 is 5.32 Å². The molecular weight excluding hydrogens is 426 g/mol. The summed E-state index contributed by atoms with van der Waals surface area (Å²) in [6.45, 7) is 0. The Labute approximate surface area is 179 Å². The van der Waals surface area contributed by atoms with Gasteiger partial charge in [-0.15, -0.1) is 11.8 Å². The molecule has 0 fully saturated rings. The molecule has 0 spiro atoms. The number of hydrogen-bond donors (Lipinski definition) is 1. The number of fused-ring (bicyclic) bond motifs is 3. The lowest BCUT2D eigenvalue weighted by Gasteiger charge is -2.38. The van der Waals surface area contributed by atoms with Crippen molar-refractivity contribution in [3.8, 4) is 0 Å². The van der Waals surface area contributed by atoms with Crippen LogP contribution in [0.2, 0.25) is 0 Å². The van der Waals surface area contributed by atoms with E-state index < -0.39 is 0 Å². The first-order valence-corrected chi connectivity index (χ1v) is 11.5. The largest absolute Gasteiger partial charge is 0.378 e. The third-order valence-corrected chi connectivity index (χ3v) is 7.36. The van der Waals surface area contributed by atoms with Crippen molar-refractivity contribution in [2.75, 3.05) is 5.32 Å². The second kappa shape index (κ2) is 7.81. The van der Waals surface area contributed by atoms with Crippen LogP contribution >= 0.6 is 27.7 Å². The Morgan fingerprint density at radius 3 is 2.71 bits per heavy atom. The Balaban J connectivity index is 1.42. The minimum Gasteiger partial charge on any atom is -0.378 e. The van der Waals surface area contributed by atoms with Crippen molar-refractivity contribution in [3.63, 3.8) is 0 Å². The number of benzene rings is 3. The summed E-state index contributed by atoms with van der Waals surface area (Å²) in [5.41, 5.74) is 5.50. The number of halogens is 1. The summed E-state index contributed by atoms with van der Waals surface area (Å²) in [5.74, 6) is 2.09. The Bertz CT molecular complexity index is 1010. The number of anilines is 1. The van der Waals surface area contributed by atoms with E-state index in [9.17, 15) is 0 Å². The monoisotopic (exact) mass is 447 g/mol. The zero-order valence-electron chi connectivity index (χ0n) is 15.5. The van der Waals surface area contributed by atoms with E-state index in [1.54, 1.807) is 0 Å². The van der Waals surface area contributed by atoms with Crippen LogP contribution in [0.3, 0.4) is 0 Å². The van der Waals surface area contributed by atoms with Crippen LogP contribution in [0, 0.1) is 5.92 Å². The van der Waals surface area contributed by atoms with Gasteiger partial charge in [0.1, 0.15) is 0 Å². The molecule has 1 aliphatic heterocycles. The molecule has 3 aromatic carbocycles. The molecule has 1 N–H and O–H groups in total. The maximum absolute atomic E-state index is 3.85. The van der Waals surface area contributed by atoms with E-state index in [1.807, 2.05) is 11.8 Å². The topological polar surface area (TPSA) is 12.0 Å². The first-order chi connectivity index (χ1) is 13.8. The van der Waals surface area contributed by atoms with Gasteiger partial charge < -0.3 is 5.32 Å². The highest BCUT2D eigenvalue weighted by molar-refractivity contribution is 9.10. The predicted octanol–water partition coefficient (Wildman–Crippen LogP) is 7.57. The van der Waals surface area contributed by atoms with Crippen molar-refractivity contribution in [1.29, 1.82) is 0 Å². The molecule has 2 aliphatic rings. The van der Waals surface area contributed by atoms with Crippen molar-refractivity contribution in [3.05, 3.63) is 106 Å². The number of rotatable bonds is 4. The number of nitrogens with one attached hydrogen (secondary N) is 1. The third-order valence-electron chi connectivity index (χ3n) is 5.78. The molecule has 0 unspecified atom stereocenters. The smallest absolute Gasteiger partial charge is 0.0554 e. The summed E-state index contributed by atoms with van der Waals surface area (Å²) >= 11 is 5.54. The van der Waals surface area contributed by atoms with Crippen LogP contribution in [0.15, 0.2) is 94.3 Å². The summed E-state index contributed by atoms with van der Waals surface area (Å²) in [6.07, 6.45) is 5.92. The van der Waals surface area contributed by atoms with Crippen LogP contribution in [-0.4, -0.2) is 0 Å². The van der Waals surface area contributed by atoms with Crippen molar-refractivity contribution in [1.82, 2.24) is 0 Å². The molecule has 3 heteroatoms. The van der Waals surface area contributed by atoms with Crippen LogP contribution in [0.1, 0.15) is 35.1 Å². The molecule has 0 bridgehead atoms. The molecule has 1 heterocycles. The molecular formula is C25H22BrNS. The Kier molecular flexibility index (Phi) is 5.04. The number of hydrogen-bond acceptors (Lipinski definition) is 2. The first-order valence-electron chi connectivity index (χ1n) is 9.77. The van der Waals surface area contributed by atoms with Crippen molar-refractivity contribution < 1.29 is 0 Å². The summed E-state index contributed by atoms with van der Waals surface area (Å²) in [4.78, 5) is 1.33. The summed E-state index contributed by atoms with van der Waals surface area (Å²) < 4.78 is 1.15. The van der Waals surface area contributed by atoms with Gasteiger partial charge in [-0.1, -0.05) is 70.5 Å². The fourth-order valence-corrected chi connectivity index (χ4v) is 5.73. The van der Waals surface area contributed by atoms with E-state index in [4.69, 9.17) is 0 Å². The SMILES string of the molecule is Brc1cccc([C@@H]2Nc3ccc(CSc4ccccc4)cc3[C@@H]3C=CC[C@H]32)c1. The van der Waals surface area contributed by atoms with Crippen molar-refractivity contribution >= 4 is 33.4 Å². The van der Waals surface area contributed by atoms with Gasteiger partial charge in [-0.05, 0) is 59.4 Å². The Hall–Kier alpha value is -1.97. The van der Waals surface area contributed by atoms with E-state index in [2.05, 4.69) is 106 Å². The lowest BCUT2D eigenvalue weighted by molar-refractivity contribution is 0.425. The predicted molar refractivity (Wildman–Crippen MR) is 123 cm³/mol. The lowest BCUT2D eigenvalue weighted by Crippen LogP contribution is -2.29. The van der Waals surface area contributed by atoms with Gasteiger partial charge in [-0.25, -0.2) is 0 Å². The number of allylic oxidation sites excluding steroid dienone is 2. The van der Waals surface area contributed by atoms with Gasteiger partial charge in [0.25, 0.3) is 0 Å². The quantitative estimate of drug-likeness (QED) is 0.326. The highest BCUT2D eigenvalue weighted by Gasteiger charge is 2.37. The molecule has 0 radical (unpaired) electrons. The second-order valence-electron chi connectivity index (χ2n) is 7.55. The van der Waals surface area contributed by atoms with Gasteiger partial charge >= 0.3 is 0 Å². The highest BCUT2D eigenvalue weighted by Crippen LogP contribution is 2.50. The Morgan fingerprint density at radius 1 is 0.964 bits per heavy atom. The zero-order valence-corrected chi connectivity index (χ0v) is 17.9. The average molecular weight is 448 g/mol. The van der Waals surface area contributed by atoms with Gasteiger partial charge in [0.15, 0.2) is 0 Å². The molecule has 1 nitrogen and oxygen atoms in total.